The first-order valence-corrected chi connectivity index (χ1v) is 6.24. The first-order valence-electron chi connectivity index (χ1n) is 4.87. The molecule has 0 radical (unpaired) electrons. The van der Waals surface area contributed by atoms with E-state index in [0.29, 0.717) is 11.1 Å². The third-order valence-electron chi connectivity index (χ3n) is 2.34. The van der Waals surface area contributed by atoms with E-state index in [4.69, 9.17) is 4.55 Å². The average Bonchev–Trinajstić information content (AvgIpc) is 2.28. The van der Waals surface area contributed by atoms with Crippen LogP contribution in [0.2, 0.25) is 0 Å². The van der Waals surface area contributed by atoms with Crippen LogP contribution in [-0.2, 0) is 10.4 Å². The van der Waals surface area contributed by atoms with Gasteiger partial charge in [0.2, 0.25) is 0 Å². The van der Waals surface area contributed by atoms with Gasteiger partial charge in [-0.2, -0.15) is 8.42 Å². The van der Waals surface area contributed by atoms with Crippen molar-refractivity contribution in [2.75, 3.05) is 12.4 Å². The number of anilines is 1. The molecule has 0 unspecified atom stereocenters. The van der Waals surface area contributed by atoms with Crippen LogP contribution < -0.4 is 9.50 Å². The Morgan fingerprint density at radius 2 is 1.88 bits per heavy atom. The summed E-state index contributed by atoms with van der Waals surface area (Å²) in [5, 5.41) is 4.24. The summed E-state index contributed by atoms with van der Waals surface area (Å²) in [6, 6.07) is 10.7. The number of hydrogen-bond donors (Lipinski definition) is 2. The number of nitrogens with one attached hydrogen (secondary N) is 1. The normalized spacial score (nSPS) is 11.4. The summed E-state index contributed by atoms with van der Waals surface area (Å²) < 4.78 is 35.0. The maximum atomic E-state index is 10.8. The molecule has 0 atom stereocenters. The van der Waals surface area contributed by atoms with E-state index in [1.807, 2.05) is 18.2 Å². The van der Waals surface area contributed by atoms with Crippen LogP contribution in [-0.4, -0.2) is 20.0 Å². The third kappa shape index (κ3) is 2.48. The van der Waals surface area contributed by atoms with Crippen LogP contribution in [0.5, 0.6) is 5.75 Å². The van der Waals surface area contributed by atoms with E-state index >= 15 is 0 Å². The second-order valence-electron chi connectivity index (χ2n) is 3.42. The number of hydrogen-bond acceptors (Lipinski definition) is 4. The summed E-state index contributed by atoms with van der Waals surface area (Å²) in [5.41, 5.74) is 0.487. The summed E-state index contributed by atoms with van der Waals surface area (Å²) in [6.45, 7) is 0. The van der Waals surface area contributed by atoms with Gasteiger partial charge in [0.05, 0.1) is 5.69 Å². The highest BCUT2D eigenvalue weighted by atomic mass is 32.3. The van der Waals surface area contributed by atoms with Crippen molar-refractivity contribution in [3.05, 3.63) is 36.4 Å². The third-order valence-corrected chi connectivity index (χ3v) is 2.71. The molecule has 0 bridgehead atoms. The van der Waals surface area contributed by atoms with Crippen molar-refractivity contribution in [3.8, 4) is 5.75 Å². The van der Waals surface area contributed by atoms with Gasteiger partial charge < -0.3 is 9.50 Å². The van der Waals surface area contributed by atoms with Gasteiger partial charge in [0.25, 0.3) is 0 Å². The molecule has 17 heavy (non-hydrogen) atoms. The minimum atomic E-state index is -4.54. The average molecular weight is 253 g/mol. The molecule has 0 heterocycles. The zero-order chi connectivity index (χ0) is 12.5. The fraction of sp³-hybridized carbons (Fsp3) is 0.0909. The van der Waals surface area contributed by atoms with Crippen LogP contribution >= 0.6 is 0 Å². The van der Waals surface area contributed by atoms with Crippen molar-refractivity contribution in [2.24, 2.45) is 0 Å². The Labute approximate surface area is 99.0 Å². The summed E-state index contributed by atoms with van der Waals surface area (Å²) in [4.78, 5) is 0. The molecule has 6 heteroatoms. The number of rotatable bonds is 3. The first-order chi connectivity index (χ1) is 8.01. The van der Waals surface area contributed by atoms with E-state index in [0.717, 1.165) is 5.39 Å². The molecule has 5 nitrogen and oxygen atoms in total. The lowest BCUT2D eigenvalue weighted by Gasteiger charge is -2.11. The van der Waals surface area contributed by atoms with Crippen molar-refractivity contribution >= 4 is 26.9 Å². The van der Waals surface area contributed by atoms with E-state index in [1.165, 1.54) is 0 Å². The Morgan fingerprint density at radius 1 is 1.18 bits per heavy atom. The molecule has 2 N–H and O–H groups in total. The standard InChI is InChI=1S/C11H11NO4S/c1-12-10-7-6-8-4-2-3-5-9(8)11(10)16-17(13,14)15/h2-7,12H,1H3,(H,13,14,15). The van der Waals surface area contributed by atoms with Crippen LogP contribution in [0.1, 0.15) is 0 Å². The molecule has 2 aromatic carbocycles. The lowest BCUT2D eigenvalue weighted by molar-refractivity contribution is 0.389. The minimum Gasteiger partial charge on any atom is -0.385 e. The molecule has 0 saturated heterocycles. The Balaban J connectivity index is 2.71. The zero-order valence-corrected chi connectivity index (χ0v) is 9.86. The summed E-state index contributed by atoms with van der Waals surface area (Å²) in [6.07, 6.45) is 0. The molecule has 0 amide bonds. The monoisotopic (exact) mass is 253 g/mol. The van der Waals surface area contributed by atoms with E-state index in [-0.39, 0.29) is 5.75 Å². The van der Waals surface area contributed by atoms with Gasteiger partial charge in [-0.1, -0.05) is 30.3 Å². The molecule has 90 valence electrons. The fourth-order valence-corrected chi connectivity index (χ4v) is 2.03. The highest BCUT2D eigenvalue weighted by Crippen LogP contribution is 2.34. The molecule has 2 rings (SSSR count). The lowest BCUT2D eigenvalue weighted by atomic mass is 10.1. The van der Waals surface area contributed by atoms with E-state index in [9.17, 15) is 8.42 Å². The van der Waals surface area contributed by atoms with E-state index in [1.54, 1.807) is 25.2 Å². The summed E-state index contributed by atoms with van der Waals surface area (Å²) in [7, 11) is -2.90. The van der Waals surface area contributed by atoms with Crippen molar-refractivity contribution < 1.29 is 17.2 Å². The maximum absolute atomic E-state index is 10.8. The van der Waals surface area contributed by atoms with Crippen LogP contribution in [0.25, 0.3) is 10.8 Å². The molecule has 0 aliphatic heterocycles. The Bertz CT molecular complexity index is 652. The van der Waals surface area contributed by atoms with Crippen molar-refractivity contribution in [2.45, 2.75) is 0 Å². The topological polar surface area (TPSA) is 75.6 Å². The minimum absolute atomic E-state index is 0.0908. The summed E-state index contributed by atoms with van der Waals surface area (Å²) in [5.74, 6) is 0.0908. The van der Waals surface area contributed by atoms with Gasteiger partial charge in [-0.05, 0) is 11.5 Å². The summed E-state index contributed by atoms with van der Waals surface area (Å²) >= 11 is 0. The molecule has 0 saturated carbocycles. The maximum Gasteiger partial charge on any atom is 0.446 e. The second-order valence-corrected chi connectivity index (χ2v) is 4.45. The molecule has 0 fully saturated rings. The predicted molar refractivity (Wildman–Crippen MR) is 65.7 cm³/mol. The molecular formula is C11H11NO4S. The fourth-order valence-electron chi connectivity index (χ4n) is 1.63. The van der Waals surface area contributed by atoms with Gasteiger partial charge in [0, 0.05) is 12.4 Å². The number of benzene rings is 2. The SMILES string of the molecule is CNc1ccc2ccccc2c1OS(=O)(=O)O. The van der Waals surface area contributed by atoms with Crippen LogP contribution in [0.3, 0.4) is 0 Å². The first kappa shape index (κ1) is 11.7. The molecule has 2 aromatic rings. The molecule has 0 aliphatic carbocycles. The second kappa shape index (κ2) is 4.23. The highest BCUT2D eigenvalue weighted by molar-refractivity contribution is 7.81. The highest BCUT2D eigenvalue weighted by Gasteiger charge is 2.14. The van der Waals surface area contributed by atoms with Gasteiger partial charge in [0.15, 0.2) is 5.75 Å². The Morgan fingerprint density at radius 3 is 2.53 bits per heavy atom. The van der Waals surface area contributed by atoms with Crippen LogP contribution in [0, 0.1) is 0 Å². The van der Waals surface area contributed by atoms with Crippen molar-refractivity contribution in [1.82, 2.24) is 0 Å². The molecule has 0 aromatic heterocycles. The van der Waals surface area contributed by atoms with Gasteiger partial charge in [-0.3, -0.25) is 4.55 Å². The van der Waals surface area contributed by atoms with Crippen LogP contribution in [0.4, 0.5) is 5.69 Å². The predicted octanol–water partition coefficient (Wildman–Crippen LogP) is 2.06. The smallest absolute Gasteiger partial charge is 0.385 e. The lowest BCUT2D eigenvalue weighted by Crippen LogP contribution is -2.08. The Hall–Kier alpha value is -1.79. The molecule has 0 spiro atoms. The van der Waals surface area contributed by atoms with Crippen molar-refractivity contribution in [1.29, 1.82) is 0 Å². The Kier molecular flexibility index (Phi) is 2.91. The van der Waals surface area contributed by atoms with Gasteiger partial charge >= 0.3 is 10.4 Å². The van der Waals surface area contributed by atoms with Crippen LogP contribution in [0.15, 0.2) is 36.4 Å². The van der Waals surface area contributed by atoms with Gasteiger partial charge in [-0.15, -0.1) is 0 Å². The molecular weight excluding hydrogens is 242 g/mol. The largest absolute Gasteiger partial charge is 0.446 e. The van der Waals surface area contributed by atoms with E-state index < -0.39 is 10.4 Å². The van der Waals surface area contributed by atoms with Gasteiger partial charge in [-0.25, -0.2) is 0 Å². The van der Waals surface area contributed by atoms with Crippen molar-refractivity contribution in [3.63, 3.8) is 0 Å². The van der Waals surface area contributed by atoms with E-state index in [2.05, 4.69) is 9.50 Å². The van der Waals surface area contributed by atoms with Gasteiger partial charge in [0.1, 0.15) is 0 Å². The number of fused-ring (bicyclic) bond motifs is 1. The zero-order valence-electron chi connectivity index (χ0n) is 9.04. The molecule has 0 aliphatic rings. The quantitative estimate of drug-likeness (QED) is 0.819.